The monoisotopic (exact) mass is 311 g/mol. The van der Waals surface area contributed by atoms with E-state index >= 15 is 0 Å². The van der Waals surface area contributed by atoms with Crippen LogP contribution in [0.25, 0.3) is 0 Å². The Kier molecular flexibility index (Phi) is 6.15. The molecule has 2 aromatic rings. The van der Waals surface area contributed by atoms with Crippen LogP contribution in [0.3, 0.4) is 0 Å². The van der Waals surface area contributed by atoms with Gasteiger partial charge in [-0.05, 0) is 48.6 Å². The van der Waals surface area contributed by atoms with Gasteiger partial charge < -0.3 is 10.6 Å². The molecule has 122 valence electrons. The van der Waals surface area contributed by atoms with Crippen LogP contribution in [0.2, 0.25) is 0 Å². The lowest BCUT2D eigenvalue weighted by Crippen LogP contribution is -2.26. The van der Waals surface area contributed by atoms with Crippen LogP contribution in [0.4, 0.5) is 11.4 Å². The Bertz CT molecular complexity index is 618. The van der Waals surface area contributed by atoms with Gasteiger partial charge in [0.15, 0.2) is 0 Å². The summed E-state index contributed by atoms with van der Waals surface area (Å²) in [5.74, 6) is 0.457. The van der Waals surface area contributed by atoms with Crippen molar-refractivity contribution in [1.29, 1.82) is 0 Å². The first kappa shape index (κ1) is 17.0. The molecule has 0 atom stereocenters. The van der Waals surface area contributed by atoms with Gasteiger partial charge in [-0.15, -0.1) is 0 Å². The molecule has 0 spiro atoms. The van der Waals surface area contributed by atoms with Crippen molar-refractivity contribution >= 4 is 17.3 Å². The Morgan fingerprint density at radius 1 is 1.09 bits per heavy atom. The van der Waals surface area contributed by atoms with E-state index in [-0.39, 0.29) is 5.91 Å². The molecule has 1 aromatic carbocycles. The number of nitrogens with one attached hydrogen (secondary N) is 2. The van der Waals surface area contributed by atoms with E-state index in [1.54, 1.807) is 12.3 Å². The molecular weight excluding hydrogens is 286 g/mol. The lowest BCUT2D eigenvalue weighted by atomic mass is 10.1. The average Bonchev–Trinajstić information content (AvgIpc) is 2.56. The maximum absolute atomic E-state index is 12.0. The topological polar surface area (TPSA) is 54.0 Å². The fourth-order valence-electron chi connectivity index (χ4n) is 2.16. The van der Waals surface area contributed by atoms with Gasteiger partial charge in [0.25, 0.3) is 5.91 Å². The van der Waals surface area contributed by atoms with Crippen molar-refractivity contribution in [3.8, 4) is 0 Å². The lowest BCUT2D eigenvalue weighted by molar-refractivity contribution is 0.0947. The van der Waals surface area contributed by atoms with Gasteiger partial charge in [0, 0.05) is 12.2 Å². The van der Waals surface area contributed by atoms with E-state index in [0.29, 0.717) is 18.2 Å². The molecule has 0 fully saturated rings. The first-order valence-corrected chi connectivity index (χ1v) is 8.18. The van der Waals surface area contributed by atoms with Gasteiger partial charge in [0.1, 0.15) is 5.69 Å². The fourth-order valence-corrected chi connectivity index (χ4v) is 2.16. The van der Waals surface area contributed by atoms with Gasteiger partial charge >= 0.3 is 0 Å². The van der Waals surface area contributed by atoms with Crippen LogP contribution >= 0.6 is 0 Å². The van der Waals surface area contributed by atoms with E-state index in [9.17, 15) is 4.79 Å². The fraction of sp³-hybridized carbons (Fsp3) is 0.368. The number of anilines is 2. The summed E-state index contributed by atoms with van der Waals surface area (Å²) >= 11 is 0. The second-order valence-electron chi connectivity index (χ2n) is 6.05. The number of hydrogen-bond acceptors (Lipinski definition) is 3. The van der Waals surface area contributed by atoms with E-state index in [1.807, 2.05) is 18.2 Å². The van der Waals surface area contributed by atoms with Crippen LogP contribution in [0.15, 0.2) is 42.6 Å². The summed E-state index contributed by atoms with van der Waals surface area (Å²) in [6.45, 7) is 7.09. The zero-order valence-corrected chi connectivity index (χ0v) is 14.1. The number of amides is 1. The van der Waals surface area contributed by atoms with Crippen LogP contribution in [0, 0.1) is 5.92 Å². The van der Waals surface area contributed by atoms with E-state index in [4.69, 9.17) is 0 Å². The molecular formula is C19H25N3O. The van der Waals surface area contributed by atoms with E-state index in [2.05, 4.69) is 48.5 Å². The highest BCUT2D eigenvalue weighted by Gasteiger charge is 2.07. The minimum absolute atomic E-state index is 0.121. The summed E-state index contributed by atoms with van der Waals surface area (Å²) < 4.78 is 0. The third-order valence-corrected chi connectivity index (χ3v) is 3.65. The molecule has 23 heavy (non-hydrogen) atoms. The minimum Gasteiger partial charge on any atom is -0.354 e. The SMILES string of the molecule is CCc1ccc(Nc2ccc(C(=O)NCCC(C)C)nc2)cc1. The van der Waals surface area contributed by atoms with Crippen molar-refractivity contribution in [2.75, 3.05) is 11.9 Å². The Hall–Kier alpha value is -2.36. The largest absolute Gasteiger partial charge is 0.354 e. The number of aromatic nitrogens is 1. The minimum atomic E-state index is -0.121. The molecule has 0 saturated heterocycles. The maximum Gasteiger partial charge on any atom is 0.269 e. The molecule has 0 radical (unpaired) electrons. The van der Waals surface area contributed by atoms with Gasteiger partial charge in [-0.2, -0.15) is 0 Å². The Labute approximate surface area is 138 Å². The van der Waals surface area contributed by atoms with Gasteiger partial charge in [-0.3, -0.25) is 4.79 Å². The summed E-state index contributed by atoms with van der Waals surface area (Å²) in [4.78, 5) is 16.2. The summed E-state index contributed by atoms with van der Waals surface area (Å²) in [5, 5.41) is 6.18. The Morgan fingerprint density at radius 3 is 2.35 bits per heavy atom. The number of nitrogens with zero attached hydrogens (tertiary/aromatic N) is 1. The smallest absolute Gasteiger partial charge is 0.269 e. The molecule has 2 N–H and O–H groups in total. The number of aryl methyl sites for hydroxylation is 1. The van der Waals surface area contributed by atoms with Crippen LogP contribution in [-0.2, 0) is 6.42 Å². The average molecular weight is 311 g/mol. The highest BCUT2D eigenvalue weighted by Crippen LogP contribution is 2.16. The quantitative estimate of drug-likeness (QED) is 0.807. The molecule has 1 aromatic heterocycles. The third kappa shape index (κ3) is 5.40. The number of pyridine rings is 1. The van der Waals surface area contributed by atoms with Crippen molar-refractivity contribution in [1.82, 2.24) is 10.3 Å². The molecule has 0 aliphatic rings. The van der Waals surface area contributed by atoms with Crippen molar-refractivity contribution in [3.05, 3.63) is 53.9 Å². The van der Waals surface area contributed by atoms with Crippen LogP contribution < -0.4 is 10.6 Å². The summed E-state index contributed by atoms with van der Waals surface area (Å²) in [5.41, 5.74) is 3.63. The third-order valence-electron chi connectivity index (χ3n) is 3.65. The lowest BCUT2D eigenvalue weighted by Gasteiger charge is -2.09. The van der Waals surface area contributed by atoms with Crippen molar-refractivity contribution in [2.45, 2.75) is 33.6 Å². The Morgan fingerprint density at radius 2 is 1.78 bits per heavy atom. The summed E-state index contributed by atoms with van der Waals surface area (Å²) in [7, 11) is 0. The molecule has 4 nitrogen and oxygen atoms in total. The molecule has 4 heteroatoms. The predicted octanol–water partition coefficient (Wildman–Crippen LogP) is 4.16. The van der Waals surface area contributed by atoms with Gasteiger partial charge in [-0.25, -0.2) is 4.98 Å². The standard InChI is InChI=1S/C19H25N3O/c1-4-15-5-7-16(8-6-15)22-17-9-10-18(21-13-17)19(23)20-12-11-14(2)3/h5-10,13-14,22H,4,11-12H2,1-3H3,(H,20,23). The number of carbonyl (C=O) groups is 1. The summed E-state index contributed by atoms with van der Waals surface area (Å²) in [6.07, 6.45) is 3.69. The van der Waals surface area contributed by atoms with Gasteiger partial charge in [-0.1, -0.05) is 32.9 Å². The number of benzene rings is 1. The molecule has 0 aliphatic carbocycles. The van der Waals surface area contributed by atoms with Crippen molar-refractivity contribution in [2.24, 2.45) is 5.92 Å². The molecule has 1 amide bonds. The number of carbonyl (C=O) groups excluding carboxylic acids is 1. The van der Waals surface area contributed by atoms with Crippen molar-refractivity contribution in [3.63, 3.8) is 0 Å². The molecule has 0 bridgehead atoms. The highest BCUT2D eigenvalue weighted by atomic mass is 16.1. The van der Waals surface area contributed by atoms with Gasteiger partial charge in [0.2, 0.25) is 0 Å². The van der Waals surface area contributed by atoms with E-state index in [1.165, 1.54) is 5.56 Å². The first-order valence-electron chi connectivity index (χ1n) is 8.18. The summed E-state index contributed by atoms with van der Waals surface area (Å²) in [6, 6.07) is 11.9. The van der Waals surface area contributed by atoms with Crippen LogP contribution in [0.5, 0.6) is 0 Å². The van der Waals surface area contributed by atoms with Crippen LogP contribution in [-0.4, -0.2) is 17.4 Å². The molecule has 0 unspecified atom stereocenters. The second kappa shape index (κ2) is 8.32. The zero-order valence-electron chi connectivity index (χ0n) is 14.1. The molecule has 0 aliphatic heterocycles. The molecule has 2 rings (SSSR count). The Balaban J connectivity index is 1.91. The van der Waals surface area contributed by atoms with E-state index < -0.39 is 0 Å². The molecule has 0 saturated carbocycles. The maximum atomic E-state index is 12.0. The first-order chi connectivity index (χ1) is 11.1. The van der Waals surface area contributed by atoms with Crippen molar-refractivity contribution < 1.29 is 4.79 Å². The zero-order chi connectivity index (χ0) is 16.7. The van der Waals surface area contributed by atoms with Gasteiger partial charge in [0.05, 0.1) is 11.9 Å². The predicted molar refractivity (Wildman–Crippen MR) is 95.1 cm³/mol. The van der Waals surface area contributed by atoms with Crippen LogP contribution in [0.1, 0.15) is 43.2 Å². The highest BCUT2D eigenvalue weighted by molar-refractivity contribution is 5.92. The molecule has 1 heterocycles. The number of hydrogen-bond donors (Lipinski definition) is 2. The normalized spacial score (nSPS) is 10.6. The van der Waals surface area contributed by atoms with E-state index in [0.717, 1.165) is 24.2 Å². The second-order valence-corrected chi connectivity index (χ2v) is 6.05. The number of rotatable bonds is 7.